The Morgan fingerprint density at radius 1 is 1.00 bits per heavy atom. The van der Waals surface area contributed by atoms with Gasteiger partial charge in [0.2, 0.25) is 11.8 Å². The molecule has 0 aliphatic carbocycles. The quantitative estimate of drug-likeness (QED) is 0.208. The van der Waals surface area contributed by atoms with E-state index in [1.165, 1.54) is 28.8 Å². The average molecular weight is 677 g/mol. The van der Waals surface area contributed by atoms with E-state index in [4.69, 9.17) is 4.74 Å². The van der Waals surface area contributed by atoms with Crippen molar-refractivity contribution in [1.29, 1.82) is 0 Å². The molecule has 42 heavy (non-hydrogen) atoms. The molecule has 0 unspecified atom stereocenters. The predicted octanol–water partition coefficient (Wildman–Crippen LogP) is 6.10. The highest BCUT2D eigenvalue weighted by molar-refractivity contribution is 9.10. The molecule has 11 heteroatoms. The molecule has 0 bridgehead atoms. The molecule has 0 aliphatic heterocycles. The number of thioether (sulfide) groups is 1. The van der Waals surface area contributed by atoms with E-state index in [1.807, 2.05) is 51.3 Å². The van der Waals surface area contributed by atoms with E-state index in [-0.39, 0.29) is 23.4 Å². The first-order chi connectivity index (χ1) is 20.0. The van der Waals surface area contributed by atoms with Crippen molar-refractivity contribution in [2.45, 2.75) is 62.5 Å². The fraction of sp³-hybridized carbons (Fsp3) is 0.355. The molecule has 1 N–H and O–H groups in total. The van der Waals surface area contributed by atoms with Crippen LogP contribution in [0.3, 0.4) is 0 Å². The molecule has 0 radical (unpaired) electrons. The highest BCUT2D eigenvalue weighted by Gasteiger charge is 2.33. The number of anilines is 1. The summed E-state index contributed by atoms with van der Waals surface area (Å²) in [4.78, 5) is 29.7. The topological polar surface area (TPSA) is 96.0 Å². The lowest BCUT2D eigenvalue weighted by atomic mass is 10.1. The minimum absolute atomic E-state index is 0.0584. The van der Waals surface area contributed by atoms with Crippen LogP contribution in [0, 0.1) is 0 Å². The molecule has 3 aromatic carbocycles. The second-order valence-electron chi connectivity index (χ2n) is 9.76. The van der Waals surface area contributed by atoms with Gasteiger partial charge in [0.1, 0.15) is 18.3 Å². The van der Waals surface area contributed by atoms with Gasteiger partial charge in [-0.15, -0.1) is 11.8 Å². The maximum Gasteiger partial charge on any atom is 0.264 e. The zero-order chi connectivity index (χ0) is 30.9. The second-order valence-corrected chi connectivity index (χ2v) is 13.4. The number of carbonyl (C=O) groups is 2. The SMILES string of the molecule is CCOc1ccc(N(CC(=O)N(Cc2cccc(Br)c2)[C@H](C)C(=O)N[C@H](C)CC)S(=O)(=O)c2ccc(SC)cc2)cc1. The molecule has 0 aromatic heterocycles. The first-order valence-corrected chi connectivity index (χ1v) is 17.2. The molecule has 226 valence electrons. The van der Waals surface area contributed by atoms with Crippen molar-refractivity contribution in [3.8, 4) is 5.75 Å². The third-order valence-corrected chi connectivity index (χ3v) is 9.80. The summed E-state index contributed by atoms with van der Waals surface area (Å²) >= 11 is 4.97. The van der Waals surface area contributed by atoms with Gasteiger partial charge in [0.15, 0.2) is 0 Å². The number of ether oxygens (including phenoxy) is 1. The van der Waals surface area contributed by atoms with Crippen LogP contribution < -0.4 is 14.4 Å². The highest BCUT2D eigenvalue weighted by Crippen LogP contribution is 2.28. The molecule has 3 rings (SSSR count). The number of halogens is 1. The van der Waals surface area contributed by atoms with Crippen LogP contribution in [0.1, 0.15) is 39.7 Å². The Morgan fingerprint density at radius 3 is 2.24 bits per heavy atom. The second kappa shape index (κ2) is 15.5. The van der Waals surface area contributed by atoms with Gasteiger partial charge in [-0.2, -0.15) is 0 Å². The van der Waals surface area contributed by atoms with Crippen LogP contribution in [0.25, 0.3) is 0 Å². The number of amides is 2. The third-order valence-electron chi connectivity index (χ3n) is 6.77. The minimum atomic E-state index is -4.15. The molecule has 3 aromatic rings. The van der Waals surface area contributed by atoms with E-state index in [9.17, 15) is 18.0 Å². The van der Waals surface area contributed by atoms with Crippen molar-refractivity contribution in [1.82, 2.24) is 10.2 Å². The van der Waals surface area contributed by atoms with Crippen molar-refractivity contribution in [2.75, 3.05) is 23.7 Å². The number of benzene rings is 3. The van der Waals surface area contributed by atoms with Crippen molar-refractivity contribution < 1.29 is 22.7 Å². The Bertz CT molecular complexity index is 1450. The summed E-state index contributed by atoms with van der Waals surface area (Å²) in [6.45, 7) is 7.45. The molecule has 0 spiro atoms. The lowest BCUT2D eigenvalue weighted by molar-refractivity contribution is -0.139. The highest BCUT2D eigenvalue weighted by atomic mass is 79.9. The summed E-state index contributed by atoms with van der Waals surface area (Å²) in [7, 11) is -4.15. The number of hydrogen-bond acceptors (Lipinski definition) is 6. The van der Waals surface area contributed by atoms with Crippen molar-refractivity contribution >= 4 is 55.2 Å². The smallest absolute Gasteiger partial charge is 0.264 e. The maximum atomic E-state index is 14.1. The molecule has 0 fully saturated rings. The fourth-order valence-electron chi connectivity index (χ4n) is 4.16. The fourth-order valence-corrected chi connectivity index (χ4v) is 6.43. The van der Waals surface area contributed by atoms with E-state index in [0.717, 1.165) is 25.7 Å². The van der Waals surface area contributed by atoms with Crippen molar-refractivity contribution in [2.24, 2.45) is 0 Å². The summed E-state index contributed by atoms with van der Waals surface area (Å²) in [5.74, 6) is -0.239. The Hall–Kier alpha value is -3.02. The Kier molecular flexibility index (Phi) is 12.3. The number of nitrogens with one attached hydrogen (secondary N) is 1. The molecule has 0 saturated heterocycles. The Morgan fingerprint density at radius 2 is 1.67 bits per heavy atom. The molecule has 2 atom stereocenters. The number of rotatable bonds is 14. The van der Waals surface area contributed by atoms with E-state index < -0.39 is 28.5 Å². The number of nitrogens with zero attached hydrogens (tertiary/aromatic N) is 2. The van der Waals surface area contributed by atoms with Gasteiger partial charge in [0.25, 0.3) is 10.0 Å². The molecule has 0 saturated carbocycles. The van der Waals surface area contributed by atoms with Gasteiger partial charge in [0, 0.05) is 22.0 Å². The number of hydrogen-bond donors (Lipinski definition) is 1. The third kappa shape index (κ3) is 8.75. The van der Waals surface area contributed by atoms with Crippen LogP contribution in [0.4, 0.5) is 5.69 Å². The summed E-state index contributed by atoms with van der Waals surface area (Å²) in [6, 6.07) is 19.6. The predicted molar refractivity (Wildman–Crippen MR) is 172 cm³/mol. The van der Waals surface area contributed by atoms with Crippen LogP contribution >= 0.6 is 27.7 Å². The van der Waals surface area contributed by atoms with E-state index in [0.29, 0.717) is 18.0 Å². The first-order valence-electron chi connectivity index (χ1n) is 13.7. The molecular weight excluding hydrogens is 638 g/mol. The van der Waals surface area contributed by atoms with E-state index in [2.05, 4.69) is 21.2 Å². The zero-order valence-corrected chi connectivity index (χ0v) is 27.8. The number of sulfonamides is 1. The minimum Gasteiger partial charge on any atom is -0.494 e. The normalized spacial score (nSPS) is 12.7. The Balaban J connectivity index is 2.03. The van der Waals surface area contributed by atoms with Crippen molar-refractivity contribution in [3.05, 3.63) is 82.8 Å². The standard InChI is InChI=1S/C31H38BrN3O5S2/c1-6-22(3)33-31(37)23(4)34(20-24-9-8-10-25(32)19-24)30(36)21-35(26-11-13-27(14-12-26)40-7-2)42(38,39)29-17-15-28(41-5)16-18-29/h8-19,22-23H,6-7,20-21H2,1-5H3,(H,33,37)/t22-,23-/m1/s1. The largest absolute Gasteiger partial charge is 0.494 e. The van der Waals surface area contributed by atoms with Crippen LogP contribution in [0.2, 0.25) is 0 Å². The first kappa shape index (κ1) is 33.5. The van der Waals surface area contributed by atoms with Gasteiger partial charge in [-0.1, -0.05) is 35.0 Å². The lowest BCUT2D eigenvalue weighted by Gasteiger charge is -2.32. The monoisotopic (exact) mass is 675 g/mol. The summed E-state index contributed by atoms with van der Waals surface area (Å²) < 4.78 is 35.5. The van der Waals surface area contributed by atoms with Crippen LogP contribution in [0.5, 0.6) is 5.75 Å². The zero-order valence-electron chi connectivity index (χ0n) is 24.5. The maximum absolute atomic E-state index is 14.1. The molecule has 0 aliphatic rings. The molecular formula is C31H38BrN3O5S2. The number of carbonyl (C=O) groups excluding carboxylic acids is 2. The molecule has 0 heterocycles. The van der Waals surface area contributed by atoms with Gasteiger partial charge >= 0.3 is 0 Å². The van der Waals surface area contributed by atoms with Gasteiger partial charge in [-0.25, -0.2) is 8.42 Å². The molecule has 8 nitrogen and oxygen atoms in total. The van der Waals surface area contributed by atoms with Gasteiger partial charge < -0.3 is 15.0 Å². The van der Waals surface area contributed by atoms with E-state index in [1.54, 1.807) is 43.3 Å². The summed E-state index contributed by atoms with van der Waals surface area (Å²) in [5.41, 5.74) is 1.10. The van der Waals surface area contributed by atoms with Crippen LogP contribution in [-0.4, -0.2) is 56.6 Å². The van der Waals surface area contributed by atoms with Gasteiger partial charge in [0.05, 0.1) is 17.2 Å². The summed E-state index contributed by atoms with van der Waals surface area (Å²) in [6.07, 6.45) is 2.64. The summed E-state index contributed by atoms with van der Waals surface area (Å²) in [5, 5.41) is 2.94. The Labute approximate surface area is 262 Å². The average Bonchev–Trinajstić information content (AvgIpc) is 2.98. The van der Waals surface area contributed by atoms with Crippen molar-refractivity contribution in [3.63, 3.8) is 0 Å². The van der Waals surface area contributed by atoms with Gasteiger partial charge in [-0.05, 0) is 99.7 Å². The van der Waals surface area contributed by atoms with Crippen LogP contribution in [0.15, 0.2) is 87.1 Å². The molecule has 2 amide bonds. The lowest BCUT2D eigenvalue weighted by Crippen LogP contribution is -2.52. The van der Waals surface area contributed by atoms with Crippen LogP contribution in [-0.2, 0) is 26.2 Å². The van der Waals surface area contributed by atoms with Gasteiger partial charge in [-0.3, -0.25) is 13.9 Å². The van der Waals surface area contributed by atoms with E-state index >= 15 is 0 Å².